The molecule has 3 heterocycles. The highest BCUT2D eigenvalue weighted by molar-refractivity contribution is 8.00. The second-order valence-electron chi connectivity index (χ2n) is 11.9. The fourth-order valence-corrected chi connectivity index (χ4v) is 6.61. The number of likely N-dealkylation sites (tertiary alicyclic amines) is 1. The smallest absolute Gasteiger partial charge is 0.242 e. The third kappa shape index (κ3) is 5.62. The number of amides is 2. The lowest BCUT2D eigenvalue weighted by Crippen LogP contribution is -2.46. The number of carbonyl (C=O) groups excluding carboxylic acids is 2. The second-order valence-corrected chi connectivity index (χ2v) is 13.0. The Morgan fingerprint density at radius 2 is 1.79 bits per heavy atom. The first-order valence-corrected chi connectivity index (χ1v) is 14.7. The maximum Gasteiger partial charge on any atom is 0.242 e. The molecule has 0 saturated carbocycles. The summed E-state index contributed by atoms with van der Waals surface area (Å²) in [4.78, 5) is 30.9. The summed E-state index contributed by atoms with van der Waals surface area (Å²) in [6.45, 7) is 12.0. The van der Waals surface area contributed by atoms with E-state index in [1.807, 2.05) is 11.0 Å². The Bertz CT molecular complexity index is 1370. The minimum absolute atomic E-state index is 0.0439. The van der Waals surface area contributed by atoms with E-state index >= 15 is 0 Å². The molecule has 0 spiro atoms. The fraction of sp³-hybridized carbons (Fsp3) is 0.452. The molecule has 1 aromatic heterocycles. The van der Waals surface area contributed by atoms with Crippen molar-refractivity contribution < 1.29 is 14.0 Å². The molecule has 0 radical (unpaired) electrons. The fourth-order valence-electron chi connectivity index (χ4n) is 5.43. The Morgan fingerprint density at radius 1 is 1.10 bits per heavy atom. The predicted molar refractivity (Wildman–Crippen MR) is 155 cm³/mol. The van der Waals surface area contributed by atoms with Crippen molar-refractivity contribution in [2.75, 3.05) is 30.3 Å². The van der Waals surface area contributed by atoms with Gasteiger partial charge in [-0.2, -0.15) is 5.10 Å². The number of benzene rings is 2. The van der Waals surface area contributed by atoms with E-state index in [-0.39, 0.29) is 40.6 Å². The summed E-state index contributed by atoms with van der Waals surface area (Å²) in [5.41, 5.74) is 4.34. The lowest BCUT2D eigenvalue weighted by Gasteiger charge is -2.32. The third-order valence-electron chi connectivity index (χ3n) is 7.65. The van der Waals surface area contributed by atoms with E-state index in [4.69, 9.17) is 5.10 Å². The molecular weight excluding hydrogens is 511 g/mol. The third-order valence-corrected chi connectivity index (χ3v) is 8.90. The molecule has 0 N–H and O–H groups in total. The molecule has 39 heavy (non-hydrogen) atoms. The van der Waals surface area contributed by atoms with Crippen molar-refractivity contribution in [3.63, 3.8) is 0 Å². The number of carbonyl (C=O) groups is 2. The van der Waals surface area contributed by atoms with Crippen molar-refractivity contribution in [3.8, 4) is 5.69 Å². The largest absolute Gasteiger partial charge is 0.341 e. The molecule has 1 fully saturated rings. The number of nitrogens with zero attached hydrogens (tertiary/aromatic N) is 4. The number of aryl methyl sites for hydroxylation is 1. The molecule has 5 rings (SSSR count). The van der Waals surface area contributed by atoms with Crippen LogP contribution in [0.5, 0.6) is 0 Å². The van der Waals surface area contributed by atoms with Gasteiger partial charge in [0.25, 0.3) is 0 Å². The Morgan fingerprint density at radius 3 is 2.44 bits per heavy atom. The van der Waals surface area contributed by atoms with Gasteiger partial charge >= 0.3 is 0 Å². The van der Waals surface area contributed by atoms with Crippen LogP contribution in [-0.2, 0) is 15.0 Å². The van der Waals surface area contributed by atoms with E-state index in [9.17, 15) is 14.0 Å². The van der Waals surface area contributed by atoms with Crippen LogP contribution in [0.1, 0.15) is 68.2 Å². The van der Waals surface area contributed by atoms with Crippen molar-refractivity contribution in [3.05, 3.63) is 76.7 Å². The van der Waals surface area contributed by atoms with Crippen LogP contribution in [0.4, 0.5) is 10.2 Å². The van der Waals surface area contributed by atoms with E-state index in [0.29, 0.717) is 30.5 Å². The highest BCUT2D eigenvalue weighted by Crippen LogP contribution is 2.48. The van der Waals surface area contributed by atoms with E-state index in [0.717, 1.165) is 35.2 Å². The predicted octanol–water partition coefficient (Wildman–Crippen LogP) is 6.05. The first-order valence-electron chi connectivity index (χ1n) is 13.7. The Balaban J connectivity index is 1.70. The minimum atomic E-state index is -0.344. The average Bonchev–Trinajstić information content (AvgIpc) is 3.22. The van der Waals surface area contributed by atoms with E-state index in [2.05, 4.69) is 52.8 Å². The molecule has 2 aliphatic heterocycles. The monoisotopic (exact) mass is 548 g/mol. The summed E-state index contributed by atoms with van der Waals surface area (Å²) in [5.74, 6) is 0.921. The van der Waals surface area contributed by atoms with Crippen LogP contribution < -0.4 is 4.90 Å². The molecule has 1 atom stereocenters. The quantitative estimate of drug-likeness (QED) is 0.399. The highest BCUT2D eigenvalue weighted by atomic mass is 32.2. The molecule has 0 bridgehead atoms. The molecule has 0 aliphatic carbocycles. The number of anilines is 1. The number of hydrogen-bond donors (Lipinski definition) is 0. The number of thioether (sulfide) groups is 1. The number of rotatable bonds is 4. The minimum Gasteiger partial charge on any atom is -0.341 e. The van der Waals surface area contributed by atoms with Gasteiger partial charge in [-0.25, -0.2) is 9.07 Å². The van der Waals surface area contributed by atoms with Crippen LogP contribution in [0.2, 0.25) is 0 Å². The summed E-state index contributed by atoms with van der Waals surface area (Å²) in [5, 5.41) is 4.93. The van der Waals surface area contributed by atoms with Gasteiger partial charge in [0, 0.05) is 24.1 Å². The number of halogens is 1. The van der Waals surface area contributed by atoms with Crippen molar-refractivity contribution in [2.24, 2.45) is 5.92 Å². The summed E-state index contributed by atoms with van der Waals surface area (Å²) in [6, 6.07) is 14.5. The van der Waals surface area contributed by atoms with Crippen molar-refractivity contribution in [2.45, 2.75) is 58.1 Å². The summed E-state index contributed by atoms with van der Waals surface area (Å²) in [6.07, 6.45) is 1.94. The number of hydrogen-bond acceptors (Lipinski definition) is 4. The van der Waals surface area contributed by atoms with Crippen LogP contribution in [0, 0.1) is 18.7 Å². The van der Waals surface area contributed by atoms with E-state index in [1.165, 1.54) is 12.1 Å². The first-order chi connectivity index (χ1) is 18.5. The van der Waals surface area contributed by atoms with Gasteiger partial charge in [0.05, 0.1) is 22.4 Å². The van der Waals surface area contributed by atoms with Gasteiger partial charge in [-0.05, 0) is 55.5 Å². The SMILES string of the molecule is Cc1cccc(C2SCC(=O)N(CC(=O)N3CCC(C)CC3)c3c2c(C(C)(C)C)nn3-c2ccc(F)cc2)c1. The number of piperidine rings is 1. The van der Waals surface area contributed by atoms with Gasteiger partial charge in [-0.1, -0.05) is 57.5 Å². The molecule has 2 aromatic carbocycles. The van der Waals surface area contributed by atoms with Crippen LogP contribution in [0.3, 0.4) is 0 Å². The van der Waals surface area contributed by atoms with E-state index in [1.54, 1.807) is 33.5 Å². The number of fused-ring (bicyclic) bond motifs is 1. The first kappa shape index (κ1) is 27.4. The molecule has 1 unspecified atom stereocenters. The average molecular weight is 549 g/mol. The molecule has 3 aromatic rings. The van der Waals surface area contributed by atoms with Crippen LogP contribution in [-0.4, -0.2) is 51.9 Å². The van der Waals surface area contributed by atoms with Crippen molar-refractivity contribution in [1.29, 1.82) is 0 Å². The van der Waals surface area contributed by atoms with Gasteiger partial charge in [0.15, 0.2) is 0 Å². The Labute approximate surface area is 234 Å². The maximum absolute atomic E-state index is 13.9. The molecular formula is C31H37FN4O2S. The lowest BCUT2D eigenvalue weighted by molar-refractivity contribution is -0.132. The molecule has 2 amide bonds. The van der Waals surface area contributed by atoms with Crippen LogP contribution in [0.15, 0.2) is 48.5 Å². The van der Waals surface area contributed by atoms with Gasteiger partial charge in [-0.3, -0.25) is 14.5 Å². The van der Waals surface area contributed by atoms with Gasteiger partial charge in [0.1, 0.15) is 18.2 Å². The Hall–Kier alpha value is -3.13. The molecule has 2 aliphatic rings. The van der Waals surface area contributed by atoms with Crippen LogP contribution in [0.25, 0.3) is 5.69 Å². The standard InChI is InChI=1S/C31H37FN4O2S/c1-20-13-15-34(16-14-20)25(37)18-35-26(38)19-39-28(22-8-6-7-21(2)17-22)27-29(31(3,4)5)33-36(30(27)35)24-11-9-23(32)10-12-24/h6-12,17,20,28H,13-16,18-19H2,1-5H3. The second kappa shape index (κ2) is 10.8. The molecule has 6 nitrogen and oxygen atoms in total. The van der Waals surface area contributed by atoms with Crippen LogP contribution >= 0.6 is 11.8 Å². The zero-order valence-corrected chi connectivity index (χ0v) is 24.2. The molecule has 1 saturated heterocycles. The van der Waals surface area contributed by atoms with Gasteiger partial charge < -0.3 is 4.90 Å². The molecule has 206 valence electrons. The van der Waals surface area contributed by atoms with Crippen molar-refractivity contribution >= 4 is 29.4 Å². The van der Waals surface area contributed by atoms with E-state index < -0.39 is 0 Å². The summed E-state index contributed by atoms with van der Waals surface area (Å²) in [7, 11) is 0. The lowest BCUT2D eigenvalue weighted by atomic mass is 9.87. The zero-order chi connectivity index (χ0) is 27.9. The Kier molecular flexibility index (Phi) is 7.60. The maximum atomic E-state index is 13.9. The number of aromatic nitrogens is 2. The topological polar surface area (TPSA) is 58.4 Å². The van der Waals surface area contributed by atoms with Gasteiger partial charge in [-0.15, -0.1) is 11.8 Å². The molecule has 8 heteroatoms. The normalized spacial score (nSPS) is 18.7. The summed E-state index contributed by atoms with van der Waals surface area (Å²) < 4.78 is 15.7. The zero-order valence-electron chi connectivity index (χ0n) is 23.4. The summed E-state index contributed by atoms with van der Waals surface area (Å²) >= 11 is 1.58. The van der Waals surface area contributed by atoms with Gasteiger partial charge in [0.2, 0.25) is 11.8 Å². The highest BCUT2D eigenvalue weighted by Gasteiger charge is 2.40. The van der Waals surface area contributed by atoms with Crippen molar-refractivity contribution in [1.82, 2.24) is 14.7 Å².